The molecular formula is C18H24N2O3. The predicted molar refractivity (Wildman–Crippen MR) is 86.9 cm³/mol. The molecule has 0 aromatic heterocycles. The number of amides is 1. The summed E-state index contributed by atoms with van der Waals surface area (Å²) in [6.07, 6.45) is 4.79. The average Bonchev–Trinajstić information content (AvgIpc) is 3.38. The highest BCUT2D eigenvalue weighted by molar-refractivity contribution is 5.80. The summed E-state index contributed by atoms with van der Waals surface area (Å²) < 4.78 is 0. The van der Waals surface area contributed by atoms with Crippen molar-refractivity contribution >= 4 is 11.9 Å². The molecule has 124 valence electrons. The molecule has 5 nitrogen and oxygen atoms in total. The van der Waals surface area contributed by atoms with E-state index < -0.39 is 12.0 Å². The van der Waals surface area contributed by atoms with Crippen LogP contribution in [-0.4, -0.2) is 41.0 Å². The normalized spacial score (nSPS) is 23.2. The number of piperidine rings is 1. The zero-order chi connectivity index (χ0) is 16.2. The fraction of sp³-hybridized carbons (Fsp3) is 0.556. The van der Waals surface area contributed by atoms with Crippen molar-refractivity contribution in [1.29, 1.82) is 0 Å². The number of hydrogen-bond donors (Lipinski definition) is 2. The number of carbonyl (C=O) groups excluding carboxylic acids is 1. The number of carboxylic acid groups (broad SMARTS) is 1. The smallest absolute Gasteiger partial charge is 0.320 e. The number of benzene rings is 1. The van der Waals surface area contributed by atoms with Crippen molar-refractivity contribution in [1.82, 2.24) is 10.2 Å². The molecular weight excluding hydrogens is 292 g/mol. The van der Waals surface area contributed by atoms with Crippen LogP contribution in [0, 0.1) is 5.92 Å². The Balaban J connectivity index is 1.62. The van der Waals surface area contributed by atoms with Gasteiger partial charge in [-0.1, -0.05) is 36.8 Å². The third kappa shape index (κ3) is 4.10. The number of carboxylic acids is 1. The standard InChI is InChI=1S/C18H24N2O3/c21-16(12-20-11-5-4-8-15(20)18(22)23)19-17(14-9-10-14)13-6-2-1-3-7-13/h1-3,6-7,14-15,17H,4-5,8-12H2,(H,19,21)(H,22,23). The van der Waals surface area contributed by atoms with Crippen LogP contribution in [0.4, 0.5) is 0 Å². The Morgan fingerprint density at radius 3 is 2.57 bits per heavy atom. The Hall–Kier alpha value is -1.88. The monoisotopic (exact) mass is 316 g/mol. The van der Waals surface area contributed by atoms with Gasteiger partial charge in [0.2, 0.25) is 5.91 Å². The predicted octanol–water partition coefficient (Wildman–Crippen LogP) is 2.19. The number of aliphatic carboxylic acids is 1. The van der Waals surface area contributed by atoms with Gasteiger partial charge in [-0.25, -0.2) is 0 Å². The molecule has 1 aliphatic carbocycles. The Bertz CT molecular complexity index is 557. The largest absolute Gasteiger partial charge is 0.480 e. The maximum absolute atomic E-state index is 12.4. The summed E-state index contributed by atoms with van der Waals surface area (Å²) in [6.45, 7) is 0.858. The molecule has 5 heteroatoms. The van der Waals surface area contributed by atoms with Gasteiger partial charge in [0.1, 0.15) is 6.04 Å². The Labute approximate surface area is 136 Å². The fourth-order valence-corrected chi connectivity index (χ4v) is 3.43. The maximum atomic E-state index is 12.4. The topological polar surface area (TPSA) is 69.6 Å². The fourth-order valence-electron chi connectivity index (χ4n) is 3.43. The first-order chi connectivity index (χ1) is 11.1. The minimum atomic E-state index is -0.820. The van der Waals surface area contributed by atoms with Gasteiger partial charge in [0, 0.05) is 0 Å². The van der Waals surface area contributed by atoms with Crippen LogP contribution in [0.3, 0.4) is 0 Å². The molecule has 1 amide bonds. The second-order valence-corrected chi connectivity index (χ2v) is 6.61. The first-order valence-corrected chi connectivity index (χ1v) is 8.46. The van der Waals surface area contributed by atoms with Crippen LogP contribution in [-0.2, 0) is 9.59 Å². The van der Waals surface area contributed by atoms with Gasteiger partial charge >= 0.3 is 5.97 Å². The highest BCUT2D eigenvalue weighted by atomic mass is 16.4. The zero-order valence-electron chi connectivity index (χ0n) is 13.3. The molecule has 2 fully saturated rings. The molecule has 1 saturated carbocycles. The molecule has 0 spiro atoms. The summed E-state index contributed by atoms with van der Waals surface area (Å²) in [5.74, 6) is -0.379. The highest BCUT2D eigenvalue weighted by Gasteiger charge is 2.35. The van der Waals surface area contributed by atoms with Crippen molar-refractivity contribution in [2.75, 3.05) is 13.1 Å². The van der Waals surface area contributed by atoms with Crippen molar-refractivity contribution in [2.45, 2.75) is 44.2 Å². The van der Waals surface area contributed by atoms with Gasteiger partial charge in [-0.3, -0.25) is 14.5 Å². The second-order valence-electron chi connectivity index (χ2n) is 6.61. The summed E-state index contributed by atoms with van der Waals surface area (Å²) in [7, 11) is 0. The molecule has 0 bridgehead atoms. The van der Waals surface area contributed by atoms with E-state index in [2.05, 4.69) is 5.32 Å². The van der Waals surface area contributed by atoms with Crippen LogP contribution in [0.25, 0.3) is 0 Å². The molecule has 2 N–H and O–H groups in total. The molecule has 2 aliphatic rings. The number of hydrogen-bond acceptors (Lipinski definition) is 3. The number of likely N-dealkylation sites (tertiary alicyclic amines) is 1. The van der Waals surface area contributed by atoms with E-state index in [1.54, 1.807) is 4.90 Å². The third-order valence-electron chi connectivity index (χ3n) is 4.81. The Kier molecular flexibility index (Phi) is 4.96. The summed E-state index contributed by atoms with van der Waals surface area (Å²) in [6, 6.07) is 9.57. The molecule has 23 heavy (non-hydrogen) atoms. The van der Waals surface area contributed by atoms with E-state index >= 15 is 0 Å². The third-order valence-corrected chi connectivity index (χ3v) is 4.81. The minimum Gasteiger partial charge on any atom is -0.480 e. The number of carbonyl (C=O) groups is 2. The lowest BCUT2D eigenvalue weighted by Crippen LogP contribution is -2.49. The molecule has 1 aromatic rings. The summed E-state index contributed by atoms with van der Waals surface area (Å²) >= 11 is 0. The van der Waals surface area contributed by atoms with Crippen molar-refractivity contribution in [3.05, 3.63) is 35.9 Å². The maximum Gasteiger partial charge on any atom is 0.320 e. The Morgan fingerprint density at radius 1 is 1.17 bits per heavy atom. The first kappa shape index (κ1) is 16.0. The Morgan fingerprint density at radius 2 is 1.91 bits per heavy atom. The van der Waals surface area contributed by atoms with Gasteiger partial charge < -0.3 is 10.4 Å². The van der Waals surface area contributed by atoms with Gasteiger partial charge in [-0.2, -0.15) is 0 Å². The van der Waals surface area contributed by atoms with E-state index in [0.29, 0.717) is 18.9 Å². The van der Waals surface area contributed by atoms with Crippen molar-refractivity contribution in [2.24, 2.45) is 5.92 Å². The van der Waals surface area contributed by atoms with E-state index in [-0.39, 0.29) is 18.5 Å². The van der Waals surface area contributed by atoms with Crippen molar-refractivity contribution in [3.63, 3.8) is 0 Å². The quantitative estimate of drug-likeness (QED) is 0.844. The lowest BCUT2D eigenvalue weighted by atomic mass is 10.0. The lowest BCUT2D eigenvalue weighted by molar-refractivity contribution is -0.145. The van der Waals surface area contributed by atoms with E-state index in [1.165, 1.54) is 0 Å². The van der Waals surface area contributed by atoms with E-state index in [9.17, 15) is 14.7 Å². The van der Waals surface area contributed by atoms with Crippen molar-refractivity contribution in [3.8, 4) is 0 Å². The molecule has 2 atom stereocenters. The van der Waals surface area contributed by atoms with Crippen LogP contribution < -0.4 is 5.32 Å². The molecule has 3 rings (SSSR count). The number of nitrogens with zero attached hydrogens (tertiary/aromatic N) is 1. The van der Waals surface area contributed by atoms with Gasteiger partial charge in [0.25, 0.3) is 0 Å². The van der Waals surface area contributed by atoms with Crippen LogP contribution in [0.2, 0.25) is 0 Å². The van der Waals surface area contributed by atoms with Crippen LogP contribution in [0.5, 0.6) is 0 Å². The zero-order valence-corrected chi connectivity index (χ0v) is 13.3. The molecule has 2 unspecified atom stereocenters. The van der Waals surface area contributed by atoms with Crippen LogP contribution in [0.15, 0.2) is 30.3 Å². The second kappa shape index (κ2) is 7.13. The van der Waals surface area contributed by atoms with Gasteiger partial charge in [0.15, 0.2) is 0 Å². The SMILES string of the molecule is O=C(CN1CCCCC1C(=O)O)NC(c1ccccc1)C1CC1. The minimum absolute atomic E-state index is 0.0526. The van der Waals surface area contributed by atoms with E-state index in [4.69, 9.17) is 0 Å². The molecule has 0 radical (unpaired) electrons. The molecule has 1 aliphatic heterocycles. The average molecular weight is 316 g/mol. The van der Waals surface area contributed by atoms with E-state index in [0.717, 1.165) is 31.2 Å². The van der Waals surface area contributed by atoms with Crippen LogP contribution in [0.1, 0.15) is 43.7 Å². The van der Waals surface area contributed by atoms with Crippen molar-refractivity contribution < 1.29 is 14.7 Å². The first-order valence-electron chi connectivity index (χ1n) is 8.46. The van der Waals surface area contributed by atoms with Gasteiger partial charge in [-0.05, 0) is 43.7 Å². The van der Waals surface area contributed by atoms with Gasteiger partial charge in [-0.15, -0.1) is 0 Å². The molecule has 1 heterocycles. The highest BCUT2D eigenvalue weighted by Crippen LogP contribution is 2.40. The lowest BCUT2D eigenvalue weighted by Gasteiger charge is -2.32. The molecule has 1 aromatic carbocycles. The summed E-state index contributed by atoms with van der Waals surface area (Å²) in [5, 5.41) is 12.4. The van der Waals surface area contributed by atoms with E-state index in [1.807, 2.05) is 30.3 Å². The summed E-state index contributed by atoms with van der Waals surface area (Å²) in [4.78, 5) is 25.6. The van der Waals surface area contributed by atoms with Gasteiger partial charge in [0.05, 0.1) is 12.6 Å². The number of rotatable bonds is 6. The van der Waals surface area contributed by atoms with Crippen LogP contribution >= 0.6 is 0 Å². The number of nitrogens with one attached hydrogen (secondary N) is 1. The molecule has 1 saturated heterocycles. The summed E-state index contributed by atoms with van der Waals surface area (Å²) in [5.41, 5.74) is 1.14.